The molecule has 1 unspecified atom stereocenters. The largest absolute Gasteiger partial charge is 0.345 e. The number of hydrogen-bond donors (Lipinski definition) is 1. The van der Waals surface area contributed by atoms with Crippen LogP contribution in [0.1, 0.15) is 46.8 Å². The Morgan fingerprint density at radius 2 is 2.35 bits per heavy atom. The van der Waals surface area contributed by atoms with E-state index in [0.29, 0.717) is 0 Å². The van der Waals surface area contributed by atoms with Crippen molar-refractivity contribution >= 4 is 33.2 Å². The van der Waals surface area contributed by atoms with E-state index >= 15 is 0 Å². The van der Waals surface area contributed by atoms with Gasteiger partial charge in [-0.1, -0.05) is 22.9 Å². The van der Waals surface area contributed by atoms with Crippen LogP contribution in [-0.2, 0) is 12.8 Å². The SMILES string of the molecule is CCC(C)(CBr)NC(=O)c1cc2c(s1)CCC2. The smallest absolute Gasteiger partial charge is 0.261 e. The number of fused-ring (bicyclic) bond motifs is 1. The summed E-state index contributed by atoms with van der Waals surface area (Å²) in [6.07, 6.45) is 4.46. The minimum Gasteiger partial charge on any atom is -0.345 e. The molecule has 1 heterocycles. The zero-order valence-corrected chi connectivity index (χ0v) is 12.7. The quantitative estimate of drug-likeness (QED) is 0.846. The molecule has 0 aliphatic heterocycles. The van der Waals surface area contributed by atoms with Crippen molar-refractivity contribution < 1.29 is 4.79 Å². The summed E-state index contributed by atoms with van der Waals surface area (Å²) in [5, 5.41) is 3.91. The number of nitrogens with one attached hydrogen (secondary N) is 1. The van der Waals surface area contributed by atoms with E-state index in [0.717, 1.165) is 29.5 Å². The first kappa shape index (κ1) is 13.1. The van der Waals surface area contributed by atoms with Crippen molar-refractivity contribution in [2.75, 3.05) is 5.33 Å². The van der Waals surface area contributed by atoms with Crippen LogP contribution in [0.3, 0.4) is 0 Å². The molecule has 0 saturated carbocycles. The topological polar surface area (TPSA) is 29.1 Å². The molecule has 1 aliphatic carbocycles. The fourth-order valence-electron chi connectivity index (χ4n) is 1.99. The van der Waals surface area contributed by atoms with Gasteiger partial charge >= 0.3 is 0 Å². The van der Waals surface area contributed by atoms with E-state index < -0.39 is 0 Å². The third-order valence-corrected chi connectivity index (χ3v) is 5.93. The highest BCUT2D eigenvalue weighted by Gasteiger charge is 2.25. The zero-order valence-electron chi connectivity index (χ0n) is 10.3. The first-order valence-corrected chi connectivity index (χ1v) is 8.02. The third-order valence-electron chi connectivity index (χ3n) is 3.46. The maximum Gasteiger partial charge on any atom is 0.261 e. The van der Waals surface area contributed by atoms with E-state index in [9.17, 15) is 4.79 Å². The second-order valence-electron chi connectivity index (χ2n) is 4.91. The summed E-state index contributed by atoms with van der Waals surface area (Å²) in [7, 11) is 0. The molecule has 94 valence electrons. The van der Waals surface area contributed by atoms with Crippen LogP contribution in [0.2, 0.25) is 0 Å². The van der Waals surface area contributed by atoms with E-state index in [4.69, 9.17) is 0 Å². The summed E-state index contributed by atoms with van der Waals surface area (Å²) >= 11 is 5.13. The molecule has 4 heteroatoms. The second-order valence-corrected chi connectivity index (χ2v) is 6.61. The average molecular weight is 316 g/mol. The van der Waals surface area contributed by atoms with Crippen molar-refractivity contribution in [2.45, 2.75) is 45.1 Å². The minimum atomic E-state index is -0.147. The van der Waals surface area contributed by atoms with Crippen LogP contribution in [0.5, 0.6) is 0 Å². The van der Waals surface area contributed by atoms with Gasteiger partial charge in [0.15, 0.2) is 0 Å². The number of hydrogen-bond acceptors (Lipinski definition) is 2. The van der Waals surface area contributed by atoms with Crippen LogP contribution in [0, 0.1) is 0 Å². The van der Waals surface area contributed by atoms with Gasteiger partial charge in [-0.2, -0.15) is 0 Å². The molecule has 1 aromatic rings. The van der Waals surface area contributed by atoms with Gasteiger partial charge in [-0.25, -0.2) is 0 Å². The number of amides is 1. The van der Waals surface area contributed by atoms with Crippen molar-refractivity contribution in [3.8, 4) is 0 Å². The third kappa shape index (κ3) is 2.74. The summed E-state index contributed by atoms with van der Waals surface area (Å²) in [5.74, 6) is 0.0770. The van der Waals surface area contributed by atoms with Gasteiger partial charge in [0.1, 0.15) is 0 Å². The van der Waals surface area contributed by atoms with Crippen LogP contribution in [0.25, 0.3) is 0 Å². The number of thiophene rings is 1. The Kier molecular flexibility index (Phi) is 3.93. The fourth-order valence-corrected chi connectivity index (χ4v) is 3.68. The molecule has 0 saturated heterocycles. The number of aryl methyl sites for hydroxylation is 2. The van der Waals surface area contributed by atoms with Crippen molar-refractivity contribution in [3.63, 3.8) is 0 Å². The van der Waals surface area contributed by atoms with Gasteiger partial charge in [0.2, 0.25) is 0 Å². The lowest BCUT2D eigenvalue weighted by atomic mass is 10.0. The predicted molar refractivity (Wildman–Crippen MR) is 76.3 cm³/mol. The van der Waals surface area contributed by atoms with E-state index in [2.05, 4.69) is 41.2 Å². The molecule has 1 atom stereocenters. The number of alkyl halides is 1. The van der Waals surface area contributed by atoms with Crippen molar-refractivity contribution in [1.82, 2.24) is 5.32 Å². The molecule has 1 aromatic heterocycles. The highest BCUT2D eigenvalue weighted by atomic mass is 79.9. The number of carbonyl (C=O) groups excluding carboxylic acids is 1. The normalized spacial score (nSPS) is 17.6. The summed E-state index contributed by atoms with van der Waals surface area (Å²) in [4.78, 5) is 14.4. The zero-order chi connectivity index (χ0) is 12.5. The van der Waals surface area contributed by atoms with Gasteiger partial charge in [0.05, 0.1) is 4.88 Å². The predicted octanol–water partition coefficient (Wildman–Crippen LogP) is 3.53. The van der Waals surface area contributed by atoms with Crippen molar-refractivity contribution in [3.05, 3.63) is 21.4 Å². The molecular weight excluding hydrogens is 298 g/mol. The van der Waals surface area contributed by atoms with Crippen LogP contribution in [0.15, 0.2) is 6.07 Å². The summed E-state index contributed by atoms with van der Waals surface area (Å²) < 4.78 is 0. The van der Waals surface area contributed by atoms with E-state index in [1.54, 1.807) is 11.3 Å². The molecular formula is C13H18BrNOS. The van der Waals surface area contributed by atoms with Gasteiger partial charge in [-0.15, -0.1) is 11.3 Å². The van der Waals surface area contributed by atoms with E-state index in [1.807, 2.05) is 0 Å². The fraction of sp³-hybridized carbons (Fsp3) is 0.615. The molecule has 0 radical (unpaired) electrons. The number of carbonyl (C=O) groups is 1. The molecule has 0 bridgehead atoms. The average Bonchev–Trinajstić information content (AvgIpc) is 2.88. The lowest BCUT2D eigenvalue weighted by Gasteiger charge is -2.26. The highest BCUT2D eigenvalue weighted by Crippen LogP contribution is 2.30. The molecule has 0 aromatic carbocycles. The van der Waals surface area contributed by atoms with Crippen LogP contribution >= 0.6 is 27.3 Å². The lowest BCUT2D eigenvalue weighted by Crippen LogP contribution is -2.46. The molecule has 1 N–H and O–H groups in total. The standard InChI is InChI=1S/C13H18BrNOS/c1-3-13(2,8-14)15-12(16)11-7-9-5-4-6-10(9)17-11/h7H,3-6,8H2,1-2H3,(H,15,16). The van der Waals surface area contributed by atoms with Gasteiger partial charge in [-0.3, -0.25) is 4.79 Å². The van der Waals surface area contributed by atoms with Gasteiger partial charge in [0, 0.05) is 15.7 Å². The first-order chi connectivity index (χ1) is 8.08. The monoisotopic (exact) mass is 315 g/mol. The van der Waals surface area contributed by atoms with E-state index in [1.165, 1.54) is 16.9 Å². The second kappa shape index (κ2) is 5.11. The van der Waals surface area contributed by atoms with Crippen molar-refractivity contribution in [2.24, 2.45) is 0 Å². The van der Waals surface area contributed by atoms with Gasteiger partial charge in [-0.05, 0) is 44.2 Å². The first-order valence-electron chi connectivity index (χ1n) is 6.08. The lowest BCUT2D eigenvalue weighted by molar-refractivity contribution is 0.0917. The van der Waals surface area contributed by atoms with E-state index in [-0.39, 0.29) is 11.4 Å². The summed E-state index contributed by atoms with van der Waals surface area (Å²) in [5.41, 5.74) is 1.24. The summed E-state index contributed by atoms with van der Waals surface area (Å²) in [6, 6.07) is 2.08. The Morgan fingerprint density at radius 3 is 2.94 bits per heavy atom. The molecule has 2 nitrogen and oxygen atoms in total. The maximum absolute atomic E-state index is 12.2. The number of halogens is 1. The van der Waals surface area contributed by atoms with Crippen LogP contribution in [-0.4, -0.2) is 16.8 Å². The highest BCUT2D eigenvalue weighted by molar-refractivity contribution is 9.09. The Balaban J connectivity index is 2.09. The Labute approximate surface area is 115 Å². The van der Waals surface area contributed by atoms with Gasteiger partial charge in [0.25, 0.3) is 5.91 Å². The molecule has 0 fully saturated rings. The summed E-state index contributed by atoms with van der Waals surface area (Å²) in [6.45, 7) is 4.16. The molecule has 1 aliphatic rings. The molecule has 1 amide bonds. The van der Waals surface area contributed by atoms with Crippen LogP contribution < -0.4 is 5.32 Å². The Bertz CT molecular complexity index is 402. The van der Waals surface area contributed by atoms with Gasteiger partial charge < -0.3 is 5.32 Å². The Morgan fingerprint density at radius 1 is 1.59 bits per heavy atom. The molecule has 2 rings (SSSR count). The van der Waals surface area contributed by atoms with Crippen LogP contribution in [0.4, 0.5) is 0 Å². The molecule has 0 spiro atoms. The molecule has 17 heavy (non-hydrogen) atoms. The van der Waals surface area contributed by atoms with Crippen molar-refractivity contribution in [1.29, 1.82) is 0 Å². The Hall–Kier alpha value is -0.350. The number of rotatable bonds is 4. The maximum atomic E-state index is 12.2. The minimum absolute atomic E-state index is 0.0770.